The lowest BCUT2D eigenvalue weighted by Gasteiger charge is -2.44. The van der Waals surface area contributed by atoms with Crippen LogP contribution in [-0.4, -0.2) is 66.3 Å². The summed E-state index contributed by atoms with van der Waals surface area (Å²) in [7, 11) is 0. The average molecular weight is 585 g/mol. The number of aromatic hydroxyl groups is 1. The van der Waals surface area contributed by atoms with Gasteiger partial charge < -0.3 is 37.9 Å². The van der Waals surface area contributed by atoms with Crippen molar-refractivity contribution in [3.63, 3.8) is 0 Å². The number of hydrogen-bond donors (Lipinski definition) is 1. The van der Waals surface area contributed by atoms with Crippen LogP contribution in [0.2, 0.25) is 0 Å². The molecule has 42 heavy (non-hydrogen) atoms. The number of aryl methyl sites for hydroxylation is 2. The molecule has 1 N–H and O–H groups in total. The van der Waals surface area contributed by atoms with E-state index >= 15 is 0 Å². The highest BCUT2D eigenvalue weighted by Gasteiger charge is 2.53. The fourth-order valence-electron chi connectivity index (χ4n) is 4.79. The number of phenols is 1. The Morgan fingerprint density at radius 3 is 2.10 bits per heavy atom. The molecule has 12 nitrogen and oxygen atoms in total. The van der Waals surface area contributed by atoms with Crippen LogP contribution in [-0.2, 0) is 55.7 Å². The number of furan rings is 1. The fourth-order valence-corrected chi connectivity index (χ4v) is 4.79. The van der Waals surface area contributed by atoms with Crippen LogP contribution in [0.5, 0.6) is 11.5 Å². The fraction of sp³-hybridized carbons (Fsp3) is 0.400. The third kappa shape index (κ3) is 7.58. The smallest absolute Gasteiger partial charge is 0.303 e. The first kappa shape index (κ1) is 30.4. The van der Waals surface area contributed by atoms with Gasteiger partial charge in [0.25, 0.3) is 0 Å². The molecule has 1 fully saturated rings. The summed E-state index contributed by atoms with van der Waals surface area (Å²) >= 11 is 0. The Kier molecular flexibility index (Phi) is 9.68. The van der Waals surface area contributed by atoms with Crippen molar-refractivity contribution in [2.45, 2.75) is 71.2 Å². The molecule has 0 bridgehead atoms. The van der Waals surface area contributed by atoms with Gasteiger partial charge in [-0.15, -0.1) is 0 Å². The minimum atomic E-state index is -1.47. The standard InChI is InChI=1S/C30H32O12/c1-16(31)36-15-25-27(38-17(2)32)28(39-18(3)33)29(40-19(4)34)30(42-25)41-24-13-22(35)12-23-26(24)21(14-37-23)11-10-20-8-6-5-7-9-20/h5-9,12-14,25,27-30,35H,10-11,15H2,1-4H3/t25-,27-,28+,29-,30-/m1/s1. The lowest BCUT2D eigenvalue weighted by molar-refractivity contribution is -0.288. The normalized spacial score (nSPS) is 21.8. The zero-order valence-electron chi connectivity index (χ0n) is 23.6. The van der Waals surface area contributed by atoms with Gasteiger partial charge in [0, 0.05) is 45.4 Å². The van der Waals surface area contributed by atoms with E-state index in [0.29, 0.717) is 23.8 Å². The Morgan fingerprint density at radius 2 is 1.45 bits per heavy atom. The summed E-state index contributed by atoms with van der Waals surface area (Å²) in [4.78, 5) is 47.9. The molecule has 0 radical (unpaired) electrons. The van der Waals surface area contributed by atoms with Crippen LogP contribution in [0.1, 0.15) is 38.8 Å². The molecule has 224 valence electrons. The Morgan fingerprint density at radius 1 is 0.810 bits per heavy atom. The number of hydrogen-bond acceptors (Lipinski definition) is 12. The van der Waals surface area contributed by atoms with Crippen LogP contribution in [0.15, 0.2) is 53.1 Å². The third-order valence-corrected chi connectivity index (χ3v) is 6.42. The van der Waals surface area contributed by atoms with Gasteiger partial charge in [-0.3, -0.25) is 19.2 Å². The summed E-state index contributed by atoms with van der Waals surface area (Å²) in [6.45, 7) is 4.18. The van der Waals surface area contributed by atoms with E-state index < -0.39 is 61.2 Å². The lowest BCUT2D eigenvalue weighted by Crippen LogP contribution is -2.63. The second-order valence-corrected chi connectivity index (χ2v) is 9.75. The van der Waals surface area contributed by atoms with Crippen LogP contribution in [0.4, 0.5) is 0 Å². The summed E-state index contributed by atoms with van der Waals surface area (Å²) in [6.07, 6.45) is -3.99. The van der Waals surface area contributed by atoms with Gasteiger partial charge in [-0.25, -0.2) is 0 Å². The molecule has 2 aromatic carbocycles. The third-order valence-electron chi connectivity index (χ3n) is 6.42. The summed E-state index contributed by atoms with van der Waals surface area (Å²) in [5, 5.41) is 11.0. The Balaban J connectivity index is 1.73. The van der Waals surface area contributed by atoms with Crippen molar-refractivity contribution in [2.24, 2.45) is 0 Å². The highest BCUT2D eigenvalue weighted by atomic mass is 16.7. The SMILES string of the molecule is CC(=O)OC[C@H]1O[C@@H](Oc2cc(O)cc3occ(CCc4ccccc4)c23)[C@H](OC(C)=O)[C@@H](OC(C)=O)[C@@H]1OC(C)=O. The first-order valence-electron chi connectivity index (χ1n) is 13.3. The molecule has 3 aromatic rings. The number of ether oxygens (including phenoxy) is 6. The number of rotatable bonds is 10. The van der Waals surface area contributed by atoms with Crippen LogP contribution >= 0.6 is 0 Å². The molecule has 0 unspecified atom stereocenters. The maximum absolute atomic E-state index is 12.2. The Labute approximate surface area is 241 Å². The van der Waals surface area contributed by atoms with E-state index in [0.717, 1.165) is 31.9 Å². The van der Waals surface area contributed by atoms with Gasteiger partial charge in [0.15, 0.2) is 12.2 Å². The van der Waals surface area contributed by atoms with E-state index in [-0.39, 0.29) is 11.5 Å². The Bertz CT molecular complexity index is 1430. The predicted molar refractivity (Wildman–Crippen MR) is 144 cm³/mol. The largest absolute Gasteiger partial charge is 0.508 e. The minimum absolute atomic E-state index is 0.128. The summed E-state index contributed by atoms with van der Waals surface area (Å²) in [5.74, 6) is -2.96. The van der Waals surface area contributed by atoms with Gasteiger partial charge in [-0.05, 0) is 18.4 Å². The predicted octanol–water partition coefficient (Wildman–Crippen LogP) is 3.39. The molecule has 1 aromatic heterocycles. The van der Waals surface area contributed by atoms with Crippen molar-refractivity contribution in [2.75, 3.05) is 6.61 Å². The molecule has 0 amide bonds. The first-order chi connectivity index (χ1) is 20.0. The number of fused-ring (bicyclic) bond motifs is 1. The molecule has 2 heterocycles. The lowest BCUT2D eigenvalue weighted by atomic mass is 9.98. The number of benzene rings is 2. The molecule has 4 rings (SSSR count). The number of carbonyl (C=O) groups excluding carboxylic acids is 4. The highest BCUT2D eigenvalue weighted by molar-refractivity contribution is 5.89. The second kappa shape index (κ2) is 13.4. The monoisotopic (exact) mass is 584 g/mol. The van der Waals surface area contributed by atoms with Crippen molar-refractivity contribution in [1.82, 2.24) is 0 Å². The number of esters is 4. The zero-order chi connectivity index (χ0) is 30.4. The van der Waals surface area contributed by atoms with E-state index in [2.05, 4.69) is 0 Å². The van der Waals surface area contributed by atoms with E-state index in [1.165, 1.54) is 19.1 Å². The first-order valence-corrected chi connectivity index (χ1v) is 13.3. The molecule has 0 aliphatic carbocycles. The molecular weight excluding hydrogens is 552 g/mol. The Hall–Kier alpha value is -4.58. The summed E-state index contributed by atoms with van der Waals surface area (Å²) < 4.78 is 39.5. The molecule has 0 saturated carbocycles. The topological polar surface area (TPSA) is 157 Å². The van der Waals surface area contributed by atoms with Crippen molar-refractivity contribution >= 4 is 34.8 Å². The summed E-state index contributed by atoms with van der Waals surface area (Å²) in [6, 6.07) is 12.6. The van der Waals surface area contributed by atoms with Crippen molar-refractivity contribution < 1.29 is 57.1 Å². The molecule has 12 heteroatoms. The molecule has 0 spiro atoms. The van der Waals surface area contributed by atoms with Gasteiger partial charge in [0.1, 0.15) is 29.8 Å². The molecular formula is C30H32O12. The van der Waals surface area contributed by atoms with E-state index in [1.54, 1.807) is 6.26 Å². The van der Waals surface area contributed by atoms with Crippen molar-refractivity contribution in [3.05, 3.63) is 59.9 Å². The highest BCUT2D eigenvalue weighted by Crippen LogP contribution is 2.38. The van der Waals surface area contributed by atoms with E-state index in [1.807, 2.05) is 30.3 Å². The quantitative estimate of drug-likeness (QED) is 0.274. The second-order valence-electron chi connectivity index (χ2n) is 9.75. The van der Waals surface area contributed by atoms with Crippen LogP contribution < -0.4 is 4.74 Å². The van der Waals surface area contributed by atoms with Crippen LogP contribution in [0.3, 0.4) is 0 Å². The van der Waals surface area contributed by atoms with E-state index in [4.69, 9.17) is 32.8 Å². The average Bonchev–Trinajstić information content (AvgIpc) is 3.32. The van der Waals surface area contributed by atoms with Gasteiger partial charge in [-0.2, -0.15) is 0 Å². The van der Waals surface area contributed by atoms with Gasteiger partial charge in [-0.1, -0.05) is 30.3 Å². The van der Waals surface area contributed by atoms with Crippen LogP contribution in [0, 0.1) is 0 Å². The molecule has 1 aliphatic rings. The number of carbonyl (C=O) groups is 4. The van der Waals surface area contributed by atoms with Crippen LogP contribution in [0.25, 0.3) is 11.0 Å². The van der Waals surface area contributed by atoms with Gasteiger partial charge in [0.2, 0.25) is 12.4 Å². The van der Waals surface area contributed by atoms with Crippen molar-refractivity contribution in [1.29, 1.82) is 0 Å². The molecule has 1 saturated heterocycles. The maximum atomic E-state index is 12.2. The molecule has 1 aliphatic heterocycles. The maximum Gasteiger partial charge on any atom is 0.303 e. The molecule has 5 atom stereocenters. The number of phenolic OH excluding ortho intramolecular Hbond substituents is 1. The van der Waals surface area contributed by atoms with Gasteiger partial charge >= 0.3 is 23.9 Å². The van der Waals surface area contributed by atoms with E-state index in [9.17, 15) is 24.3 Å². The minimum Gasteiger partial charge on any atom is -0.508 e. The summed E-state index contributed by atoms with van der Waals surface area (Å²) in [5.41, 5.74) is 2.21. The van der Waals surface area contributed by atoms with Gasteiger partial charge in [0.05, 0.1) is 11.6 Å². The van der Waals surface area contributed by atoms with Crippen molar-refractivity contribution in [3.8, 4) is 11.5 Å². The zero-order valence-corrected chi connectivity index (χ0v) is 23.6.